The Labute approximate surface area is 90.9 Å². The van der Waals surface area contributed by atoms with E-state index < -0.39 is 5.97 Å². The van der Waals surface area contributed by atoms with E-state index in [1.807, 2.05) is 0 Å². The van der Waals surface area contributed by atoms with Gasteiger partial charge in [-0.05, 0) is 19.1 Å². The van der Waals surface area contributed by atoms with Gasteiger partial charge in [0, 0.05) is 5.56 Å². The molecule has 0 amide bonds. The third-order valence-corrected chi connectivity index (χ3v) is 2.18. The maximum Gasteiger partial charge on any atom is 0.341 e. The van der Waals surface area contributed by atoms with Gasteiger partial charge in [-0.25, -0.2) is 4.79 Å². The standard InChI is InChI=1S/C11H9NO4/c1-6-9(11(14)15)10(16-12-6)7-3-2-4-8(13)5-7/h2-5,13H,1H3,(H,14,15). The van der Waals surface area contributed by atoms with E-state index in [1.54, 1.807) is 19.1 Å². The minimum absolute atomic E-state index is 0.0191. The minimum Gasteiger partial charge on any atom is -0.508 e. The number of carboxylic acids is 1. The predicted octanol–water partition coefficient (Wildman–Crippen LogP) is 2.05. The second-order valence-corrected chi connectivity index (χ2v) is 3.33. The number of nitrogens with zero attached hydrogens (tertiary/aromatic N) is 1. The van der Waals surface area contributed by atoms with Crippen molar-refractivity contribution in [1.29, 1.82) is 0 Å². The molecule has 2 aromatic rings. The highest BCUT2D eigenvalue weighted by Crippen LogP contribution is 2.28. The van der Waals surface area contributed by atoms with E-state index >= 15 is 0 Å². The maximum atomic E-state index is 11.0. The molecule has 0 fully saturated rings. The number of hydrogen-bond acceptors (Lipinski definition) is 4. The number of hydrogen-bond donors (Lipinski definition) is 2. The van der Waals surface area contributed by atoms with E-state index in [4.69, 9.17) is 9.63 Å². The number of aryl methyl sites for hydroxylation is 1. The van der Waals surface area contributed by atoms with E-state index in [9.17, 15) is 9.90 Å². The van der Waals surface area contributed by atoms with Gasteiger partial charge in [-0.2, -0.15) is 0 Å². The van der Waals surface area contributed by atoms with Crippen molar-refractivity contribution < 1.29 is 19.5 Å². The number of aromatic hydroxyl groups is 1. The lowest BCUT2D eigenvalue weighted by Crippen LogP contribution is -1.98. The van der Waals surface area contributed by atoms with Gasteiger partial charge in [0.05, 0.1) is 5.69 Å². The van der Waals surface area contributed by atoms with Gasteiger partial charge in [0.1, 0.15) is 11.3 Å². The van der Waals surface area contributed by atoms with Crippen molar-refractivity contribution in [2.75, 3.05) is 0 Å². The highest BCUT2D eigenvalue weighted by Gasteiger charge is 2.20. The van der Waals surface area contributed by atoms with Crippen molar-refractivity contribution in [3.05, 3.63) is 35.5 Å². The van der Waals surface area contributed by atoms with Crippen LogP contribution in [0.4, 0.5) is 0 Å². The Balaban J connectivity index is 2.60. The summed E-state index contributed by atoms with van der Waals surface area (Å²) in [6.07, 6.45) is 0. The molecule has 1 aromatic carbocycles. The van der Waals surface area contributed by atoms with Crippen LogP contribution in [0.1, 0.15) is 16.1 Å². The summed E-state index contributed by atoms with van der Waals surface area (Å²) in [6.45, 7) is 1.55. The average molecular weight is 219 g/mol. The first-order chi connectivity index (χ1) is 7.59. The molecule has 82 valence electrons. The van der Waals surface area contributed by atoms with Crippen LogP contribution in [-0.4, -0.2) is 21.3 Å². The summed E-state index contributed by atoms with van der Waals surface area (Å²) < 4.78 is 4.96. The topological polar surface area (TPSA) is 83.6 Å². The normalized spacial score (nSPS) is 10.3. The van der Waals surface area contributed by atoms with Crippen molar-refractivity contribution >= 4 is 5.97 Å². The van der Waals surface area contributed by atoms with Gasteiger partial charge in [0.15, 0.2) is 5.76 Å². The van der Waals surface area contributed by atoms with E-state index in [-0.39, 0.29) is 17.1 Å². The molecule has 5 nitrogen and oxygen atoms in total. The lowest BCUT2D eigenvalue weighted by molar-refractivity contribution is 0.0696. The summed E-state index contributed by atoms with van der Waals surface area (Å²) in [7, 11) is 0. The molecule has 16 heavy (non-hydrogen) atoms. The van der Waals surface area contributed by atoms with Gasteiger partial charge in [0.25, 0.3) is 0 Å². The van der Waals surface area contributed by atoms with Gasteiger partial charge in [-0.15, -0.1) is 0 Å². The lowest BCUT2D eigenvalue weighted by Gasteiger charge is -1.98. The highest BCUT2D eigenvalue weighted by molar-refractivity contribution is 5.95. The Bertz CT molecular complexity index is 545. The second kappa shape index (κ2) is 3.69. The monoisotopic (exact) mass is 219 g/mol. The van der Waals surface area contributed by atoms with E-state index in [0.717, 1.165) is 0 Å². The van der Waals surface area contributed by atoms with Crippen LogP contribution in [0.5, 0.6) is 5.75 Å². The molecule has 0 aliphatic rings. The summed E-state index contributed by atoms with van der Waals surface area (Å²) in [5, 5.41) is 21.9. The third kappa shape index (κ3) is 1.63. The van der Waals surface area contributed by atoms with Gasteiger partial charge in [0.2, 0.25) is 0 Å². The van der Waals surface area contributed by atoms with Crippen LogP contribution in [0.2, 0.25) is 0 Å². The zero-order chi connectivity index (χ0) is 11.7. The van der Waals surface area contributed by atoms with Crippen molar-refractivity contribution in [3.63, 3.8) is 0 Å². The first kappa shape index (κ1) is 10.2. The summed E-state index contributed by atoms with van der Waals surface area (Å²) in [4.78, 5) is 11.0. The first-order valence-corrected chi connectivity index (χ1v) is 4.58. The molecule has 0 spiro atoms. The summed E-state index contributed by atoms with van der Waals surface area (Å²) >= 11 is 0. The number of phenols is 1. The molecule has 0 bridgehead atoms. The van der Waals surface area contributed by atoms with Gasteiger partial charge in [-0.3, -0.25) is 0 Å². The first-order valence-electron chi connectivity index (χ1n) is 4.58. The molecule has 2 rings (SSSR count). The van der Waals surface area contributed by atoms with E-state index in [0.29, 0.717) is 11.3 Å². The van der Waals surface area contributed by atoms with Crippen molar-refractivity contribution in [2.45, 2.75) is 6.92 Å². The van der Waals surface area contributed by atoms with Gasteiger partial charge < -0.3 is 14.7 Å². The fraction of sp³-hybridized carbons (Fsp3) is 0.0909. The number of aromatic nitrogens is 1. The molecule has 0 atom stereocenters. The molecule has 0 radical (unpaired) electrons. The van der Waals surface area contributed by atoms with Crippen LogP contribution in [0, 0.1) is 6.92 Å². The van der Waals surface area contributed by atoms with Crippen LogP contribution in [-0.2, 0) is 0 Å². The van der Waals surface area contributed by atoms with Crippen molar-refractivity contribution in [1.82, 2.24) is 5.16 Å². The largest absolute Gasteiger partial charge is 0.508 e. The fourth-order valence-corrected chi connectivity index (χ4v) is 1.47. The van der Waals surface area contributed by atoms with Gasteiger partial charge in [-0.1, -0.05) is 17.3 Å². The summed E-state index contributed by atoms with van der Waals surface area (Å²) in [6, 6.07) is 6.17. The quantitative estimate of drug-likeness (QED) is 0.807. The molecule has 2 N–H and O–H groups in total. The number of carbonyl (C=O) groups is 1. The molecule has 1 heterocycles. The molecule has 0 saturated carbocycles. The predicted molar refractivity (Wildman–Crippen MR) is 55.3 cm³/mol. The zero-order valence-corrected chi connectivity index (χ0v) is 8.47. The number of phenolic OH excluding ortho intramolecular Hbond substituents is 1. The van der Waals surface area contributed by atoms with Crippen LogP contribution >= 0.6 is 0 Å². The van der Waals surface area contributed by atoms with Gasteiger partial charge >= 0.3 is 5.97 Å². The Morgan fingerprint density at radius 3 is 2.81 bits per heavy atom. The Hall–Kier alpha value is -2.30. The van der Waals surface area contributed by atoms with E-state index in [2.05, 4.69) is 5.16 Å². The summed E-state index contributed by atoms with van der Waals surface area (Å²) in [5.41, 5.74) is 0.814. The fourth-order valence-electron chi connectivity index (χ4n) is 1.47. The molecular weight excluding hydrogens is 210 g/mol. The highest BCUT2D eigenvalue weighted by atomic mass is 16.5. The van der Waals surface area contributed by atoms with Crippen LogP contribution < -0.4 is 0 Å². The average Bonchev–Trinajstić information content (AvgIpc) is 2.60. The Kier molecular flexibility index (Phi) is 2.36. The Morgan fingerprint density at radius 1 is 1.44 bits per heavy atom. The molecule has 0 saturated heterocycles. The molecule has 5 heteroatoms. The number of carboxylic acid groups (broad SMARTS) is 1. The van der Waals surface area contributed by atoms with Crippen molar-refractivity contribution in [2.24, 2.45) is 0 Å². The second-order valence-electron chi connectivity index (χ2n) is 3.33. The number of aromatic carboxylic acids is 1. The third-order valence-electron chi connectivity index (χ3n) is 2.18. The zero-order valence-electron chi connectivity index (χ0n) is 8.47. The lowest BCUT2D eigenvalue weighted by atomic mass is 10.1. The molecule has 1 aromatic heterocycles. The number of benzene rings is 1. The molecule has 0 aliphatic heterocycles. The van der Waals surface area contributed by atoms with E-state index in [1.165, 1.54) is 12.1 Å². The Morgan fingerprint density at radius 2 is 2.19 bits per heavy atom. The van der Waals surface area contributed by atoms with Crippen molar-refractivity contribution in [3.8, 4) is 17.1 Å². The van der Waals surface area contributed by atoms with Crippen LogP contribution in [0.25, 0.3) is 11.3 Å². The minimum atomic E-state index is -1.10. The van der Waals surface area contributed by atoms with Crippen LogP contribution in [0.15, 0.2) is 28.8 Å². The maximum absolute atomic E-state index is 11.0. The number of rotatable bonds is 2. The van der Waals surface area contributed by atoms with Crippen LogP contribution in [0.3, 0.4) is 0 Å². The SMILES string of the molecule is Cc1noc(-c2cccc(O)c2)c1C(=O)O. The smallest absolute Gasteiger partial charge is 0.341 e. The molecule has 0 unspecified atom stereocenters. The summed E-state index contributed by atoms with van der Waals surface area (Å²) in [5.74, 6) is -0.902. The molecular formula is C11H9NO4. The molecule has 0 aliphatic carbocycles.